The first kappa shape index (κ1) is 12.1. The second kappa shape index (κ2) is 4.94. The van der Waals surface area contributed by atoms with Gasteiger partial charge in [-0.3, -0.25) is 4.79 Å². The van der Waals surface area contributed by atoms with E-state index in [0.29, 0.717) is 0 Å². The van der Waals surface area contributed by atoms with Gasteiger partial charge in [0, 0.05) is 11.3 Å². The molecule has 1 aliphatic carbocycles. The Morgan fingerprint density at radius 2 is 2.00 bits per heavy atom. The van der Waals surface area contributed by atoms with E-state index in [9.17, 15) is 4.79 Å². The monoisotopic (exact) mass is 263 g/mol. The fourth-order valence-electron chi connectivity index (χ4n) is 2.74. The maximum Gasteiger partial charge on any atom is 0.324 e. The quantitative estimate of drug-likeness (QED) is 0.623. The predicted octanol–water partition coefficient (Wildman–Crippen LogP) is 2.26. The van der Waals surface area contributed by atoms with Crippen LogP contribution in [0.2, 0.25) is 0 Å². The molecular weight excluding hydrogens is 246 g/mol. The molecular formula is C14H17NO2S. The van der Waals surface area contributed by atoms with Crippen LogP contribution in [-0.2, 0) is 28.8 Å². The van der Waals surface area contributed by atoms with Crippen molar-refractivity contribution in [1.82, 2.24) is 4.72 Å². The SMILES string of the molecule is COC(=O)C1Cc2cc3c(cc2SN1)CCCC3. The standard InChI is InChI=1S/C14H17NO2S/c1-17-14(16)12-7-11-6-9-4-2-3-5-10(9)8-13(11)18-15-12/h6,8,12,15H,2-5,7H2,1H3. The molecule has 1 aliphatic heterocycles. The van der Waals surface area contributed by atoms with Crippen LogP contribution in [0.1, 0.15) is 29.5 Å². The zero-order valence-corrected chi connectivity index (χ0v) is 11.3. The topological polar surface area (TPSA) is 38.3 Å². The van der Waals surface area contributed by atoms with E-state index in [-0.39, 0.29) is 12.0 Å². The number of nitrogens with one attached hydrogen (secondary N) is 1. The summed E-state index contributed by atoms with van der Waals surface area (Å²) >= 11 is 1.56. The van der Waals surface area contributed by atoms with Gasteiger partial charge in [-0.25, -0.2) is 4.72 Å². The third kappa shape index (κ3) is 2.15. The highest BCUT2D eigenvalue weighted by atomic mass is 32.2. The average molecular weight is 263 g/mol. The number of carbonyl (C=O) groups is 1. The maximum absolute atomic E-state index is 11.6. The first-order valence-electron chi connectivity index (χ1n) is 6.43. The fraction of sp³-hybridized carbons (Fsp3) is 0.500. The van der Waals surface area contributed by atoms with E-state index < -0.39 is 0 Å². The van der Waals surface area contributed by atoms with Gasteiger partial charge in [0.25, 0.3) is 0 Å². The summed E-state index contributed by atoms with van der Waals surface area (Å²) in [4.78, 5) is 12.8. The summed E-state index contributed by atoms with van der Waals surface area (Å²) in [6.45, 7) is 0. The molecule has 18 heavy (non-hydrogen) atoms. The van der Waals surface area contributed by atoms with Gasteiger partial charge in [0.1, 0.15) is 6.04 Å². The van der Waals surface area contributed by atoms with Crippen LogP contribution in [0.25, 0.3) is 0 Å². The molecule has 0 spiro atoms. The van der Waals surface area contributed by atoms with E-state index in [0.717, 1.165) is 6.42 Å². The Morgan fingerprint density at radius 1 is 1.28 bits per heavy atom. The Morgan fingerprint density at radius 3 is 2.72 bits per heavy atom. The van der Waals surface area contributed by atoms with Crippen LogP contribution in [0.4, 0.5) is 0 Å². The second-order valence-corrected chi connectivity index (χ2v) is 5.82. The minimum atomic E-state index is -0.214. The number of benzene rings is 1. The molecule has 4 heteroatoms. The number of fused-ring (bicyclic) bond motifs is 2. The second-order valence-electron chi connectivity index (χ2n) is 4.94. The first-order chi connectivity index (χ1) is 8.78. The Kier molecular flexibility index (Phi) is 3.31. The fourth-order valence-corrected chi connectivity index (χ4v) is 3.66. The molecule has 3 nitrogen and oxygen atoms in total. The van der Waals surface area contributed by atoms with Crippen molar-refractivity contribution >= 4 is 17.9 Å². The molecule has 1 atom stereocenters. The predicted molar refractivity (Wildman–Crippen MR) is 71.6 cm³/mol. The number of rotatable bonds is 1. The summed E-state index contributed by atoms with van der Waals surface area (Å²) in [6, 6.07) is 4.39. The van der Waals surface area contributed by atoms with Crippen molar-refractivity contribution in [3.8, 4) is 0 Å². The van der Waals surface area contributed by atoms with Crippen LogP contribution in [0.5, 0.6) is 0 Å². The molecule has 0 radical (unpaired) electrons. The summed E-state index contributed by atoms with van der Waals surface area (Å²) < 4.78 is 7.98. The van der Waals surface area contributed by atoms with Crippen LogP contribution >= 0.6 is 11.9 Å². The molecule has 96 valence electrons. The van der Waals surface area contributed by atoms with E-state index in [2.05, 4.69) is 16.9 Å². The minimum Gasteiger partial charge on any atom is -0.468 e. The van der Waals surface area contributed by atoms with Crippen LogP contribution < -0.4 is 4.72 Å². The number of carbonyl (C=O) groups excluding carboxylic acids is 1. The number of ether oxygens (including phenoxy) is 1. The summed E-state index contributed by atoms with van der Waals surface area (Å²) in [7, 11) is 1.44. The Balaban J connectivity index is 1.89. The molecule has 1 unspecified atom stereocenters. The maximum atomic E-state index is 11.6. The molecule has 1 aromatic rings. The van der Waals surface area contributed by atoms with E-state index in [1.54, 1.807) is 11.9 Å². The van der Waals surface area contributed by atoms with Crippen molar-refractivity contribution in [1.29, 1.82) is 0 Å². The lowest BCUT2D eigenvalue weighted by molar-refractivity contribution is -0.142. The van der Waals surface area contributed by atoms with Crippen LogP contribution in [-0.4, -0.2) is 19.1 Å². The van der Waals surface area contributed by atoms with Gasteiger partial charge < -0.3 is 4.74 Å². The number of aryl methyl sites for hydroxylation is 2. The van der Waals surface area contributed by atoms with E-state index in [1.165, 1.54) is 54.4 Å². The van der Waals surface area contributed by atoms with Crippen LogP contribution in [0.15, 0.2) is 17.0 Å². The van der Waals surface area contributed by atoms with Gasteiger partial charge in [0.15, 0.2) is 0 Å². The molecule has 1 heterocycles. The average Bonchev–Trinajstić information content (AvgIpc) is 2.43. The Bertz CT molecular complexity index is 487. The lowest BCUT2D eigenvalue weighted by Gasteiger charge is -2.26. The normalized spacial score (nSPS) is 21.9. The van der Waals surface area contributed by atoms with Crippen molar-refractivity contribution in [2.24, 2.45) is 0 Å². The molecule has 3 rings (SSSR count). The van der Waals surface area contributed by atoms with Crippen molar-refractivity contribution in [3.05, 3.63) is 28.8 Å². The summed E-state index contributed by atoms with van der Waals surface area (Å²) in [6.07, 6.45) is 5.71. The molecule has 1 aromatic carbocycles. The third-order valence-electron chi connectivity index (χ3n) is 3.75. The van der Waals surface area contributed by atoms with Gasteiger partial charge >= 0.3 is 5.97 Å². The third-order valence-corrected chi connectivity index (χ3v) is 4.75. The molecule has 0 saturated heterocycles. The van der Waals surface area contributed by atoms with Gasteiger partial charge in [-0.05, 0) is 60.4 Å². The number of hydrogen-bond donors (Lipinski definition) is 1. The van der Waals surface area contributed by atoms with Gasteiger partial charge in [0.05, 0.1) is 7.11 Å². The highest BCUT2D eigenvalue weighted by Crippen LogP contribution is 2.33. The zero-order valence-electron chi connectivity index (χ0n) is 10.5. The minimum absolute atomic E-state index is 0.175. The molecule has 2 aliphatic rings. The molecule has 0 fully saturated rings. The summed E-state index contributed by atoms with van der Waals surface area (Å²) in [5.41, 5.74) is 4.26. The molecule has 0 amide bonds. The van der Waals surface area contributed by atoms with Crippen molar-refractivity contribution in [2.75, 3.05) is 7.11 Å². The smallest absolute Gasteiger partial charge is 0.324 e. The van der Waals surface area contributed by atoms with Gasteiger partial charge in [-0.15, -0.1) is 0 Å². The van der Waals surface area contributed by atoms with Crippen molar-refractivity contribution in [2.45, 2.75) is 43.0 Å². The van der Waals surface area contributed by atoms with E-state index in [1.807, 2.05) is 0 Å². The van der Waals surface area contributed by atoms with Crippen LogP contribution in [0, 0.1) is 0 Å². The molecule has 0 bridgehead atoms. The molecule has 0 aromatic heterocycles. The summed E-state index contributed by atoms with van der Waals surface area (Å²) in [5, 5.41) is 0. The van der Waals surface area contributed by atoms with Gasteiger partial charge in [-0.1, -0.05) is 6.07 Å². The number of hydrogen-bond acceptors (Lipinski definition) is 4. The Hall–Kier alpha value is -1.00. The molecule has 0 saturated carbocycles. The number of esters is 1. The zero-order chi connectivity index (χ0) is 12.5. The van der Waals surface area contributed by atoms with Crippen molar-refractivity contribution in [3.63, 3.8) is 0 Å². The van der Waals surface area contributed by atoms with Crippen molar-refractivity contribution < 1.29 is 9.53 Å². The van der Waals surface area contributed by atoms with E-state index >= 15 is 0 Å². The number of methoxy groups -OCH3 is 1. The van der Waals surface area contributed by atoms with Gasteiger partial charge in [-0.2, -0.15) is 0 Å². The lowest BCUT2D eigenvalue weighted by Crippen LogP contribution is -2.38. The molecule has 1 N–H and O–H groups in total. The summed E-state index contributed by atoms with van der Waals surface area (Å²) in [5.74, 6) is -0.175. The Labute approximate surface area is 111 Å². The van der Waals surface area contributed by atoms with E-state index in [4.69, 9.17) is 4.74 Å². The first-order valence-corrected chi connectivity index (χ1v) is 7.24. The van der Waals surface area contributed by atoms with Crippen LogP contribution in [0.3, 0.4) is 0 Å². The lowest BCUT2D eigenvalue weighted by atomic mass is 9.89. The highest BCUT2D eigenvalue weighted by Gasteiger charge is 2.26. The van der Waals surface area contributed by atoms with Gasteiger partial charge in [0.2, 0.25) is 0 Å². The highest BCUT2D eigenvalue weighted by molar-refractivity contribution is 7.97. The largest absolute Gasteiger partial charge is 0.468 e.